The van der Waals surface area contributed by atoms with Crippen molar-refractivity contribution in [1.29, 1.82) is 0 Å². The van der Waals surface area contributed by atoms with Crippen LogP contribution in [0.1, 0.15) is 11.1 Å². The predicted molar refractivity (Wildman–Crippen MR) is 72.0 cm³/mol. The Labute approximate surface area is 106 Å². The lowest BCUT2D eigenvalue weighted by Gasteiger charge is -2.00. The highest BCUT2D eigenvalue weighted by Crippen LogP contribution is 2.03. The smallest absolute Gasteiger partial charge is 0.234 e. The largest absolute Gasteiger partial charge is 0.367 e. The average Bonchev–Trinajstić information content (AvgIpc) is 2.89. The lowest BCUT2D eigenvalue weighted by Crippen LogP contribution is -2.20. The van der Waals surface area contributed by atoms with E-state index in [4.69, 9.17) is 0 Å². The summed E-state index contributed by atoms with van der Waals surface area (Å²) in [6.45, 7) is 0.283. The standard InChI is InChI=1S/C13H14N2O2S/c16-18(17,15-11-13-6-8-14-10-13)9-7-12-4-2-1-3-5-12/h1-10,14-15H,11H2/b9-7+. The number of nitrogens with one attached hydrogen (secondary N) is 2. The van der Waals surface area contributed by atoms with Crippen LogP contribution in [0.2, 0.25) is 0 Å². The molecule has 0 unspecified atom stereocenters. The lowest BCUT2D eigenvalue weighted by atomic mass is 10.2. The fraction of sp³-hybridized carbons (Fsp3) is 0.0769. The van der Waals surface area contributed by atoms with Crippen molar-refractivity contribution in [2.24, 2.45) is 0 Å². The summed E-state index contributed by atoms with van der Waals surface area (Å²) in [5.41, 5.74) is 1.75. The summed E-state index contributed by atoms with van der Waals surface area (Å²) in [6.07, 6.45) is 5.08. The molecule has 2 aromatic rings. The molecule has 0 atom stereocenters. The molecule has 0 amide bonds. The second kappa shape index (κ2) is 5.66. The normalized spacial score (nSPS) is 12.0. The summed E-state index contributed by atoms with van der Waals surface area (Å²) in [6, 6.07) is 11.1. The van der Waals surface area contributed by atoms with Gasteiger partial charge in [-0.2, -0.15) is 0 Å². The van der Waals surface area contributed by atoms with Crippen LogP contribution in [-0.4, -0.2) is 13.4 Å². The Kier molecular flexibility index (Phi) is 3.96. The molecule has 0 bridgehead atoms. The SMILES string of the molecule is O=S(=O)(/C=C/c1ccccc1)NCc1cc[nH]c1. The van der Waals surface area contributed by atoms with Crippen LogP contribution in [0.4, 0.5) is 0 Å². The summed E-state index contributed by atoms with van der Waals surface area (Å²) in [5, 5.41) is 1.18. The van der Waals surface area contributed by atoms with Crippen molar-refractivity contribution in [3.8, 4) is 0 Å². The highest BCUT2D eigenvalue weighted by atomic mass is 32.2. The quantitative estimate of drug-likeness (QED) is 0.867. The van der Waals surface area contributed by atoms with Crippen LogP contribution < -0.4 is 4.72 Å². The summed E-state index contributed by atoms with van der Waals surface area (Å²) in [5.74, 6) is 0. The van der Waals surface area contributed by atoms with Crippen LogP contribution in [0.3, 0.4) is 0 Å². The number of hydrogen-bond donors (Lipinski definition) is 2. The summed E-state index contributed by atoms with van der Waals surface area (Å²) >= 11 is 0. The van der Waals surface area contributed by atoms with Gasteiger partial charge in [0.05, 0.1) is 0 Å². The molecule has 2 N–H and O–H groups in total. The Bertz CT molecular complexity index is 602. The number of aromatic nitrogens is 1. The van der Waals surface area contributed by atoms with Gasteiger partial charge in [-0.25, -0.2) is 13.1 Å². The maximum Gasteiger partial charge on any atom is 0.234 e. The molecule has 1 aromatic heterocycles. The van der Waals surface area contributed by atoms with Gasteiger partial charge < -0.3 is 4.98 Å². The molecule has 0 spiro atoms. The zero-order valence-corrected chi connectivity index (χ0v) is 10.5. The molecule has 1 aromatic carbocycles. The summed E-state index contributed by atoms with van der Waals surface area (Å²) in [7, 11) is -3.40. The number of benzene rings is 1. The van der Waals surface area contributed by atoms with Crippen LogP contribution in [0.25, 0.3) is 6.08 Å². The minimum atomic E-state index is -3.40. The second-order valence-corrected chi connectivity index (χ2v) is 5.45. The Morgan fingerprint density at radius 3 is 2.61 bits per heavy atom. The highest BCUT2D eigenvalue weighted by Gasteiger charge is 2.04. The number of H-pyrrole nitrogens is 1. The van der Waals surface area contributed by atoms with Crippen molar-refractivity contribution in [3.05, 3.63) is 65.3 Å². The molecule has 0 aliphatic heterocycles. The van der Waals surface area contributed by atoms with Crippen molar-refractivity contribution in [2.75, 3.05) is 0 Å². The van der Waals surface area contributed by atoms with Crippen LogP contribution in [0, 0.1) is 0 Å². The molecule has 0 saturated carbocycles. The predicted octanol–water partition coefficient (Wildman–Crippen LogP) is 2.10. The Hall–Kier alpha value is -1.85. The molecule has 0 aliphatic rings. The van der Waals surface area contributed by atoms with E-state index in [2.05, 4.69) is 9.71 Å². The molecule has 18 heavy (non-hydrogen) atoms. The minimum absolute atomic E-state index is 0.283. The molecule has 2 rings (SSSR count). The van der Waals surface area contributed by atoms with Crippen LogP contribution >= 0.6 is 0 Å². The molecule has 5 heteroatoms. The van der Waals surface area contributed by atoms with E-state index in [0.29, 0.717) is 0 Å². The maximum absolute atomic E-state index is 11.7. The van der Waals surface area contributed by atoms with Gasteiger partial charge in [-0.3, -0.25) is 0 Å². The first-order chi connectivity index (χ1) is 8.66. The van der Waals surface area contributed by atoms with Gasteiger partial charge in [-0.1, -0.05) is 30.3 Å². The van der Waals surface area contributed by atoms with Crippen molar-refractivity contribution in [2.45, 2.75) is 6.54 Å². The van der Waals surface area contributed by atoms with E-state index in [-0.39, 0.29) is 6.54 Å². The van der Waals surface area contributed by atoms with E-state index >= 15 is 0 Å². The van der Waals surface area contributed by atoms with Crippen LogP contribution in [0.15, 0.2) is 54.2 Å². The third kappa shape index (κ3) is 3.87. The molecule has 4 nitrogen and oxygen atoms in total. The molecule has 94 valence electrons. The molecule has 1 heterocycles. The third-order valence-electron chi connectivity index (χ3n) is 2.38. The number of sulfonamides is 1. The van der Waals surface area contributed by atoms with Gasteiger partial charge in [-0.05, 0) is 23.3 Å². The van der Waals surface area contributed by atoms with E-state index in [1.165, 1.54) is 5.41 Å². The summed E-state index contributed by atoms with van der Waals surface area (Å²) < 4.78 is 25.9. The van der Waals surface area contributed by atoms with E-state index < -0.39 is 10.0 Å². The molecular weight excluding hydrogens is 248 g/mol. The van der Waals surface area contributed by atoms with Crippen molar-refractivity contribution in [3.63, 3.8) is 0 Å². The molecule has 0 aliphatic carbocycles. The van der Waals surface area contributed by atoms with E-state index in [1.807, 2.05) is 36.4 Å². The minimum Gasteiger partial charge on any atom is -0.367 e. The van der Waals surface area contributed by atoms with Crippen molar-refractivity contribution < 1.29 is 8.42 Å². The van der Waals surface area contributed by atoms with Crippen molar-refractivity contribution >= 4 is 16.1 Å². The second-order valence-electron chi connectivity index (χ2n) is 3.80. The van der Waals surface area contributed by atoms with Gasteiger partial charge in [0.2, 0.25) is 10.0 Å². The van der Waals surface area contributed by atoms with Gasteiger partial charge in [0.15, 0.2) is 0 Å². The van der Waals surface area contributed by atoms with Gasteiger partial charge >= 0.3 is 0 Å². The third-order valence-corrected chi connectivity index (χ3v) is 3.42. The maximum atomic E-state index is 11.7. The van der Waals surface area contributed by atoms with Crippen molar-refractivity contribution in [1.82, 2.24) is 9.71 Å². The Morgan fingerprint density at radius 1 is 1.17 bits per heavy atom. The molecule has 0 radical (unpaired) electrons. The first kappa shape index (κ1) is 12.6. The fourth-order valence-corrected chi connectivity index (χ4v) is 2.23. The highest BCUT2D eigenvalue weighted by molar-refractivity contribution is 7.92. The molecule has 0 fully saturated rings. The molecule has 0 saturated heterocycles. The monoisotopic (exact) mass is 262 g/mol. The molecular formula is C13H14N2O2S. The fourth-order valence-electron chi connectivity index (χ4n) is 1.43. The lowest BCUT2D eigenvalue weighted by molar-refractivity contribution is 0.591. The van der Waals surface area contributed by atoms with E-state index in [0.717, 1.165) is 11.1 Å². The first-order valence-electron chi connectivity index (χ1n) is 5.50. The topological polar surface area (TPSA) is 62.0 Å². The number of aromatic amines is 1. The van der Waals surface area contributed by atoms with E-state index in [9.17, 15) is 8.42 Å². The van der Waals surface area contributed by atoms with Gasteiger partial charge in [-0.15, -0.1) is 0 Å². The Morgan fingerprint density at radius 2 is 1.94 bits per heavy atom. The van der Waals surface area contributed by atoms with E-state index in [1.54, 1.807) is 18.5 Å². The zero-order chi connectivity index (χ0) is 12.8. The average molecular weight is 262 g/mol. The zero-order valence-electron chi connectivity index (χ0n) is 9.71. The van der Waals surface area contributed by atoms with Gasteiger partial charge in [0.1, 0.15) is 0 Å². The van der Waals surface area contributed by atoms with Crippen LogP contribution in [0.5, 0.6) is 0 Å². The number of hydrogen-bond acceptors (Lipinski definition) is 2. The van der Waals surface area contributed by atoms with Gasteiger partial charge in [0, 0.05) is 24.3 Å². The summed E-state index contributed by atoms with van der Waals surface area (Å²) in [4.78, 5) is 2.87. The van der Waals surface area contributed by atoms with Crippen LogP contribution in [-0.2, 0) is 16.6 Å². The Balaban J connectivity index is 1.97. The van der Waals surface area contributed by atoms with Gasteiger partial charge in [0.25, 0.3) is 0 Å². The first-order valence-corrected chi connectivity index (χ1v) is 7.05. The number of rotatable bonds is 5.